The van der Waals surface area contributed by atoms with Gasteiger partial charge in [-0.15, -0.1) is 0 Å². The Morgan fingerprint density at radius 2 is 1.91 bits per heavy atom. The Morgan fingerprint density at radius 1 is 1.27 bits per heavy atom. The zero-order valence-electron chi connectivity index (χ0n) is 12.7. The molecule has 1 rings (SSSR count). The van der Waals surface area contributed by atoms with Crippen LogP contribution in [0.25, 0.3) is 0 Å². The molecule has 0 bridgehead atoms. The number of hydrogen-bond donors (Lipinski definition) is 2. The molecular formula is C13H18BrN3O5. The van der Waals surface area contributed by atoms with E-state index in [0.29, 0.717) is 4.47 Å². The molecule has 0 saturated heterocycles. The highest BCUT2D eigenvalue weighted by Gasteiger charge is 2.28. The SMILES string of the molecule is COC(=O)CC(NC(=O)c1n[nH]c(C(C)C)c1Br)C(=O)OC. The molecule has 9 heteroatoms. The van der Waals surface area contributed by atoms with E-state index < -0.39 is 23.9 Å². The van der Waals surface area contributed by atoms with E-state index in [-0.39, 0.29) is 18.0 Å². The van der Waals surface area contributed by atoms with E-state index in [1.807, 2.05) is 13.8 Å². The van der Waals surface area contributed by atoms with Crippen molar-refractivity contribution in [1.29, 1.82) is 0 Å². The van der Waals surface area contributed by atoms with Gasteiger partial charge in [0.15, 0.2) is 5.69 Å². The van der Waals surface area contributed by atoms with Crippen LogP contribution in [-0.4, -0.2) is 48.3 Å². The smallest absolute Gasteiger partial charge is 0.328 e. The number of esters is 2. The van der Waals surface area contributed by atoms with Gasteiger partial charge in [0.1, 0.15) is 6.04 Å². The highest BCUT2D eigenvalue weighted by molar-refractivity contribution is 9.10. The summed E-state index contributed by atoms with van der Waals surface area (Å²) in [7, 11) is 2.36. The van der Waals surface area contributed by atoms with Gasteiger partial charge in [-0.25, -0.2) is 4.79 Å². The number of halogens is 1. The fourth-order valence-electron chi connectivity index (χ4n) is 1.69. The first-order valence-corrected chi connectivity index (χ1v) is 7.30. The van der Waals surface area contributed by atoms with Crippen LogP contribution in [0.3, 0.4) is 0 Å². The van der Waals surface area contributed by atoms with E-state index in [9.17, 15) is 14.4 Å². The van der Waals surface area contributed by atoms with Crippen LogP contribution in [0.2, 0.25) is 0 Å². The highest BCUT2D eigenvalue weighted by Crippen LogP contribution is 2.25. The molecule has 0 fully saturated rings. The molecule has 0 saturated carbocycles. The largest absolute Gasteiger partial charge is 0.469 e. The van der Waals surface area contributed by atoms with Gasteiger partial charge >= 0.3 is 11.9 Å². The predicted octanol–water partition coefficient (Wildman–Crippen LogP) is 1.13. The second kappa shape index (κ2) is 7.92. The Balaban J connectivity index is 2.91. The van der Waals surface area contributed by atoms with Crippen LogP contribution < -0.4 is 5.32 Å². The molecule has 0 spiro atoms. The minimum Gasteiger partial charge on any atom is -0.469 e. The van der Waals surface area contributed by atoms with Crippen LogP contribution >= 0.6 is 15.9 Å². The predicted molar refractivity (Wildman–Crippen MR) is 80.3 cm³/mol. The van der Waals surface area contributed by atoms with E-state index in [2.05, 4.69) is 40.9 Å². The summed E-state index contributed by atoms with van der Waals surface area (Å²) in [5.74, 6) is -1.85. The molecule has 0 aliphatic rings. The summed E-state index contributed by atoms with van der Waals surface area (Å²) in [6, 6.07) is -1.14. The van der Waals surface area contributed by atoms with Gasteiger partial charge in [-0.2, -0.15) is 5.10 Å². The van der Waals surface area contributed by atoms with E-state index in [4.69, 9.17) is 0 Å². The minimum atomic E-state index is -1.14. The van der Waals surface area contributed by atoms with Crippen molar-refractivity contribution in [3.8, 4) is 0 Å². The van der Waals surface area contributed by atoms with E-state index in [0.717, 1.165) is 5.69 Å². The van der Waals surface area contributed by atoms with Gasteiger partial charge in [0.2, 0.25) is 0 Å². The summed E-state index contributed by atoms with van der Waals surface area (Å²) in [4.78, 5) is 35.2. The molecular weight excluding hydrogens is 358 g/mol. The number of aromatic nitrogens is 2. The molecule has 0 aliphatic heterocycles. The number of carbonyl (C=O) groups excluding carboxylic acids is 3. The van der Waals surface area contributed by atoms with Crippen LogP contribution in [0.15, 0.2) is 4.47 Å². The maximum absolute atomic E-state index is 12.2. The Hall–Kier alpha value is -1.90. The lowest BCUT2D eigenvalue weighted by Gasteiger charge is -2.14. The topological polar surface area (TPSA) is 110 Å². The van der Waals surface area contributed by atoms with Crippen LogP contribution in [0, 0.1) is 0 Å². The number of rotatable bonds is 6. The number of hydrogen-bond acceptors (Lipinski definition) is 6. The zero-order chi connectivity index (χ0) is 16.9. The molecule has 1 amide bonds. The standard InChI is InChI=1S/C13H18BrN3O5/c1-6(2)10-9(14)11(17-16-10)12(19)15-7(13(20)22-4)5-8(18)21-3/h6-7H,5H2,1-4H3,(H,15,19)(H,16,17). The number of H-pyrrole nitrogens is 1. The highest BCUT2D eigenvalue weighted by atomic mass is 79.9. The summed E-state index contributed by atoms with van der Waals surface area (Å²) >= 11 is 3.30. The molecule has 1 heterocycles. The molecule has 1 aromatic rings. The van der Waals surface area contributed by atoms with Gasteiger partial charge in [0.25, 0.3) is 5.91 Å². The Kier molecular flexibility index (Phi) is 6.54. The zero-order valence-corrected chi connectivity index (χ0v) is 14.3. The van der Waals surface area contributed by atoms with Crippen LogP contribution in [0.5, 0.6) is 0 Å². The van der Waals surface area contributed by atoms with Crippen molar-refractivity contribution in [2.75, 3.05) is 14.2 Å². The number of amides is 1. The molecule has 1 unspecified atom stereocenters. The van der Waals surface area contributed by atoms with Crippen molar-refractivity contribution >= 4 is 33.8 Å². The fraction of sp³-hybridized carbons (Fsp3) is 0.538. The Bertz CT molecular complexity index is 570. The number of aromatic amines is 1. The number of ether oxygens (including phenoxy) is 2. The van der Waals surface area contributed by atoms with Crippen molar-refractivity contribution in [2.45, 2.75) is 32.2 Å². The molecule has 2 N–H and O–H groups in total. The van der Waals surface area contributed by atoms with Crippen LogP contribution in [-0.2, 0) is 19.1 Å². The van der Waals surface area contributed by atoms with E-state index >= 15 is 0 Å². The Labute approximate surface area is 136 Å². The first-order chi connectivity index (χ1) is 10.3. The van der Waals surface area contributed by atoms with Crippen molar-refractivity contribution in [2.24, 2.45) is 0 Å². The average molecular weight is 376 g/mol. The van der Waals surface area contributed by atoms with Crippen molar-refractivity contribution < 1.29 is 23.9 Å². The summed E-state index contributed by atoms with van der Waals surface area (Å²) in [5, 5.41) is 9.10. The second-order valence-electron chi connectivity index (χ2n) is 4.78. The third kappa shape index (κ3) is 4.30. The lowest BCUT2D eigenvalue weighted by Crippen LogP contribution is -2.43. The first-order valence-electron chi connectivity index (χ1n) is 6.51. The maximum Gasteiger partial charge on any atom is 0.328 e. The number of carbonyl (C=O) groups is 3. The number of nitrogens with zero attached hydrogens (tertiary/aromatic N) is 1. The molecule has 1 aromatic heterocycles. The van der Waals surface area contributed by atoms with Gasteiger partial charge in [-0.1, -0.05) is 13.8 Å². The second-order valence-corrected chi connectivity index (χ2v) is 5.58. The maximum atomic E-state index is 12.2. The third-order valence-corrected chi connectivity index (χ3v) is 3.72. The molecule has 0 radical (unpaired) electrons. The van der Waals surface area contributed by atoms with Crippen LogP contribution in [0.4, 0.5) is 0 Å². The normalized spacial score (nSPS) is 11.9. The quantitative estimate of drug-likeness (QED) is 0.721. The summed E-state index contributed by atoms with van der Waals surface area (Å²) in [5.41, 5.74) is 0.857. The lowest BCUT2D eigenvalue weighted by atomic mass is 10.1. The van der Waals surface area contributed by atoms with Gasteiger partial charge in [-0.05, 0) is 21.8 Å². The fourth-order valence-corrected chi connectivity index (χ4v) is 2.50. The van der Waals surface area contributed by atoms with Crippen molar-refractivity contribution in [3.05, 3.63) is 15.9 Å². The number of methoxy groups -OCH3 is 2. The van der Waals surface area contributed by atoms with E-state index in [1.165, 1.54) is 14.2 Å². The van der Waals surface area contributed by atoms with Crippen molar-refractivity contribution in [1.82, 2.24) is 15.5 Å². The van der Waals surface area contributed by atoms with E-state index in [1.54, 1.807) is 0 Å². The minimum absolute atomic E-state index is 0.0995. The van der Waals surface area contributed by atoms with Gasteiger partial charge in [0, 0.05) is 0 Å². The number of nitrogens with one attached hydrogen (secondary N) is 2. The van der Waals surface area contributed by atoms with Gasteiger partial charge in [0.05, 0.1) is 30.8 Å². The summed E-state index contributed by atoms with van der Waals surface area (Å²) < 4.78 is 9.58. The molecule has 122 valence electrons. The molecule has 1 atom stereocenters. The Morgan fingerprint density at radius 3 is 2.36 bits per heavy atom. The first kappa shape index (κ1) is 18.1. The average Bonchev–Trinajstić information content (AvgIpc) is 2.87. The monoisotopic (exact) mass is 375 g/mol. The van der Waals surface area contributed by atoms with Crippen molar-refractivity contribution in [3.63, 3.8) is 0 Å². The molecule has 22 heavy (non-hydrogen) atoms. The summed E-state index contributed by atoms with van der Waals surface area (Å²) in [6.45, 7) is 3.88. The lowest BCUT2D eigenvalue weighted by molar-refractivity contribution is -0.149. The van der Waals surface area contributed by atoms with Gasteiger partial charge in [-0.3, -0.25) is 14.7 Å². The molecule has 0 aromatic carbocycles. The molecule has 8 nitrogen and oxygen atoms in total. The van der Waals surface area contributed by atoms with Crippen LogP contribution in [0.1, 0.15) is 42.4 Å². The summed E-state index contributed by atoms with van der Waals surface area (Å²) in [6.07, 6.45) is -0.325. The molecule has 0 aliphatic carbocycles. The van der Waals surface area contributed by atoms with Gasteiger partial charge < -0.3 is 14.8 Å². The third-order valence-electron chi connectivity index (χ3n) is 2.91.